The van der Waals surface area contributed by atoms with Gasteiger partial charge in [0, 0.05) is 12.0 Å². The average Bonchev–Trinajstić information content (AvgIpc) is 2.71. The second-order valence-electron chi connectivity index (χ2n) is 4.83. The second kappa shape index (κ2) is 6.04. The molecule has 2 rings (SSSR count). The fraction of sp³-hybridized carbons (Fsp3) is 0.385. The van der Waals surface area contributed by atoms with Gasteiger partial charge in [-0.05, 0) is 24.5 Å². The van der Waals surface area contributed by atoms with Crippen molar-refractivity contribution in [1.29, 1.82) is 0 Å². The van der Waals surface area contributed by atoms with Crippen molar-refractivity contribution >= 4 is 22.0 Å². The lowest BCUT2D eigenvalue weighted by Crippen LogP contribution is -2.21. The van der Waals surface area contributed by atoms with Crippen molar-refractivity contribution in [3.05, 3.63) is 29.8 Å². The number of nitrogens with zero attached hydrogens (tertiary/aromatic N) is 1. The molecule has 1 aromatic carbocycles. The minimum atomic E-state index is -2.96. The molecule has 0 aromatic heterocycles. The Morgan fingerprint density at radius 3 is 2.85 bits per heavy atom. The van der Waals surface area contributed by atoms with Gasteiger partial charge < -0.3 is 5.11 Å². The van der Waals surface area contributed by atoms with Crippen molar-refractivity contribution in [3.8, 4) is 5.75 Å². The third-order valence-electron chi connectivity index (χ3n) is 3.13. The molecule has 2 N–H and O–H groups in total. The van der Waals surface area contributed by atoms with Crippen LogP contribution in [-0.4, -0.2) is 37.2 Å². The van der Waals surface area contributed by atoms with E-state index in [2.05, 4.69) is 10.5 Å². The van der Waals surface area contributed by atoms with Gasteiger partial charge in [-0.15, -0.1) is 0 Å². The zero-order valence-electron chi connectivity index (χ0n) is 10.8. The Morgan fingerprint density at radius 1 is 1.45 bits per heavy atom. The molecule has 1 aliphatic rings. The topological polar surface area (TPSA) is 95.8 Å². The number of nitrogens with one attached hydrogen (secondary N) is 1. The molecule has 1 fully saturated rings. The fourth-order valence-corrected chi connectivity index (χ4v) is 3.97. The van der Waals surface area contributed by atoms with E-state index in [9.17, 15) is 18.3 Å². The first-order valence-electron chi connectivity index (χ1n) is 6.26. The van der Waals surface area contributed by atoms with Crippen LogP contribution in [-0.2, 0) is 14.6 Å². The minimum Gasteiger partial charge on any atom is -0.507 e. The predicted molar refractivity (Wildman–Crippen MR) is 75.2 cm³/mol. The maximum Gasteiger partial charge on any atom is 0.240 e. The van der Waals surface area contributed by atoms with Crippen LogP contribution in [0.15, 0.2) is 29.4 Å². The van der Waals surface area contributed by atoms with Crippen LogP contribution in [0.25, 0.3) is 0 Å². The van der Waals surface area contributed by atoms with E-state index in [4.69, 9.17) is 0 Å². The monoisotopic (exact) mass is 296 g/mol. The molecule has 1 heterocycles. The summed E-state index contributed by atoms with van der Waals surface area (Å²) in [6.45, 7) is 0. The zero-order chi connectivity index (χ0) is 14.6. The van der Waals surface area contributed by atoms with Gasteiger partial charge in [0.2, 0.25) is 5.91 Å². The number of amides is 1. The number of hydrogen-bond donors (Lipinski definition) is 2. The molecular weight excluding hydrogens is 280 g/mol. The highest BCUT2D eigenvalue weighted by molar-refractivity contribution is 7.91. The van der Waals surface area contributed by atoms with Crippen LogP contribution in [0.1, 0.15) is 18.4 Å². The maximum atomic E-state index is 11.6. The molecule has 0 saturated carbocycles. The average molecular weight is 296 g/mol. The first-order chi connectivity index (χ1) is 9.46. The quantitative estimate of drug-likeness (QED) is 0.630. The molecular formula is C13H16N2O4S. The van der Waals surface area contributed by atoms with Gasteiger partial charge in [0.05, 0.1) is 17.7 Å². The van der Waals surface area contributed by atoms with Crippen LogP contribution in [0.5, 0.6) is 5.75 Å². The van der Waals surface area contributed by atoms with Crippen LogP contribution in [0, 0.1) is 5.92 Å². The number of carbonyl (C=O) groups is 1. The normalized spacial score (nSPS) is 21.1. The Morgan fingerprint density at radius 2 is 2.20 bits per heavy atom. The largest absolute Gasteiger partial charge is 0.507 e. The molecule has 1 aromatic rings. The Hall–Kier alpha value is -1.89. The molecule has 1 amide bonds. The summed E-state index contributed by atoms with van der Waals surface area (Å²) in [5.74, 6) is -0.137. The zero-order valence-corrected chi connectivity index (χ0v) is 11.6. The molecule has 108 valence electrons. The Balaban J connectivity index is 1.83. The summed E-state index contributed by atoms with van der Waals surface area (Å²) in [7, 11) is -2.96. The third kappa shape index (κ3) is 4.06. The van der Waals surface area contributed by atoms with E-state index in [1.807, 2.05) is 0 Å². The number of benzene rings is 1. The number of rotatable bonds is 4. The Bertz CT molecular complexity index is 625. The summed E-state index contributed by atoms with van der Waals surface area (Å²) in [6.07, 6.45) is 2.02. The minimum absolute atomic E-state index is 0.0730. The summed E-state index contributed by atoms with van der Waals surface area (Å²) >= 11 is 0. The highest BCUT2D eigenvalue weighted by atomic mass is 32.2. The number of para-hydroxylation sites is 1. The molecule has 1 saturated heterocycles. The van der Waals surface area contributed by atoms with Gasteiger partial charge in [-0.2, -0.15) is 5.10 Å². The maximum absolute atomic E-state index is 11.6. The van der Waals surface area contributed by atoms with Gasteiger partial charge in [-0.25, -0.2) is 13.8 Å². The number of aromatic hydroxyl groups is 1. The van der Waals surface area contributed by atoms with E-state index in [0.29, 0.717) is 12.0 Å². The first kappa shape index (κ1) is 14.5. The van der Waals surface area contributed by atoms with Crippen molar-refractivity contribution in [2.75, 3.05) is 11.5 Å². The number of phenols is 1. The lowest BCUT2D eigenvalue weighted by molar-refractivity contribution is -0.121. The third-order valence-corrected chi connectivity index (χ3v) is 4.97. The standard InChI is InChI=1S/C13H16N2O4S/c16-12-4-2-1-3-11(12)8-14-15-13(17)7-10-5-6-20(18,19)9-10/h1-4,8,10,16H,5-7,9H2,(H,15,17)/b14-8+/t10-/m1/s1. The summed E-state index contributed by atoms with van der Waals surface area (Å²) in [4.78, 5) is 11.6. The lowest BCUT2D eigenvalue weighted by atomic mass is 10.1. The first-order valence-corrected chi connectivity index (χ1v) is 8.09. The van der Waals surface area contributed by atoms with Crippen LogP contribution in [0.4, 0.5) is 0 Å². The van der Waals surface area contributed by atoms with Crippen LogP contribution in [0.2, 0.25) is 0 Å². The summed E-state index contributed by atoms with van der Waals surface area (Å²) in [5, 5.41) is 13.2. The Labute approximate surface area is 117 Å². The fourth-order valence-electron chi connectivity index (χ4n) is 2.11. The van der Waals surface area contributed by atoms with Gasteiger partial charge in [-0.3, -0.25) is 4.79 Å². The molecule has 1 atom stereocenters. The SMILES string of the molecule is O=C(C[C@H]1CCS(=O)(=O)C1)N/N=C/c1ccccc1O. The smallest absolute Gasteiger partial charge is 0.240 e. The van der Waals surface area contributed by atoms with Crippen molar-refractivity contribution in [2.45, 2.75) is 12.8 Å². The van der Waals surface area contributed by atoms with Crippen molar-refractivity contribution < 1.29 is 18.3 Å². The molecule has 0 aliphatic carbocycles. The summed E-state index contributed by atoms with van der Waals surface area (Å²) in [5.41, 5.74) is 2.83. The van der Waals surface area contributed by atoms with Gasteiger partial charge in [-0.1, -0.05) is 12.1 Å². The van der Waals surface area contributed by atoms with Crippen molar-refractivity contribution in [1.82, 2.24) is 5.43 Å². The second-order valence-corrected chi connectivity index (χ2v) is 7.05. The molecule has 20 heavy (non-hydrogen) atoms. The lowest BCUT2D eigenvalue weighted by Gasteiger charge is -2.05. The highest BCUT2D eigenvalue weighted by Gasteiger charge is 2.29. The van der Waals surface area contributed by atoms with E-state index in [-0.39, 0.29) is 35.5 Å². The number of hydrazone groups is 1. The van der Waals surface area contributed by atoms with Gasteiger partial charge in [0.15, 0.2) is 9.84 Å². The van der Waals surface area contributed by atoms with Crippen LogP contribution < -0.4 is 5.43 Å². The molecule has 7 heteroatoms. The molecule has 1 aliphatic heterocycles. The van der Waals surface area contributed by atoms with Crippen molar-refractivity contribution in [3.63, 3.8) is 0 Å². The molecule has 0 spiro atoms. The number of phenolic OH excluding ortho intramolecular Hbond substituents is 1. The highest BCUT2D eigenvalue weighted by Crippen LogP contribution is 2.21. The molecule has 0 unspecified atom stereocenters. The number of sulfone groups is 1. The van der Waals surface area contributed by atoms with Crippen molar-refractivity contribution in [2.24, 2.45) is 11.0 Å². The van der Waals surface area contributed by atoms with E-state index < -0.39 is 9.84 Å². The van der Waals surface area contributed by atoms with Gasteiger partial charge in [0.1, 0.15) is 5.75 Å². The number of carbonyl (C=O) groups excluding carboxylic acids is 1. The van der Waals surface area contributed by atoms with Gasteiger partial charge >= 0.3 is 0 Å². The predicted octanol–water partition coefficient (Wildman–Crippen LogP) is 0.667. The van der Waals surface area contributed by atoms with Crippen LogP contribution in [0.3, 0.4) is 0 Å². The molecule has 6 nitrogen and oxygen atoms in total. The summed E-state index contributed by atoms with van der Waals surface area (Å²) < 4.78 is 22.5. The summed E-state index contributed by atoms with van der Waals surface area (Å²) in [6, 6.07) is 6.61. The molecule has 0 radical (unpaired) electrons. The van der Waals surface area contributed by atoms with Crippen LogP contribution >= 0.6 is 0 Å². The van der Waals surface area contributed by atoms with E-state index >= 15 is 0 Å². The molecule has 0 bridgehead atoms. The van der Waals surface area contributed by atoms with E-state index in [0.717, 1.165) is 0 Å². The Kier molecular flexibility index (Phi) is 4.39. The van der Waals surface area contributed by atoms with Gasteiger partial charge in [0.25, 0.3) is 0 Å². The van der Waals surface area contributed by atoms with E-state index in [1.54, 1.807) is 18.2 Å². The number of hydrogen-bond acceptors (Lipinski definition) is 5. The van der Waals surface area contributed by atoms with E-state index in [1.165, 1.54) is 12.3 Å².